The van der Waals surface area contributed by atoms with Crippen molar-refractivity contribution in [2.45, 2.75) is 6.92 Å². The maximum absolute atomic E-state index is 5.78. The normalized spacial score (nSPS) is 11.1. The minimum Gasteiger partial charge on any atom is -0.399 e. The lowest BCUT2D eigenvalue weighted by Gasteiger charge is -2.02. The van der Waals surface area contributed by atoms with E-state index in [1.54, 1.807) is 10.8 Å². The lowest BCUT2D eigenvalue weighted by Crippen LogP contribution is -1.89. The maximum atomic E-state index is 5.78. The average molecular weight is 231 g/mol. The zero-order valence-electron chi connectivity index (χ0n) is 8.58. The summed E-state index contributed by atoms with van der Waals surface area (Å²) < 4.78 is 1.67. The van der Waals surface area contributed by atoms with E-state index in [1.807, 2.05) is 25.1 Å². The lowest BCUT2D eigenvalue weighted by molar-refractivity contribution is 0.959. The molecule has 16 heavy (non-hydrogen) atoms. The van der Waals surface area contributed by atoms with Gasteiger partial charge in [0.1, 0.15) is 11.3 Å². The second-order valence-electron chi connectivity index (χ2n) is 3.54. The van der Waals surface area contributed by atoms with E-state index in [0.717, 1.165) is 26.8 Å². The first-order chi connectivity index (χ1) is 7.74. The SMILES string of the molecule is Cc1ccc(N)cc1-c1nn2cnnc2s1. The van der Waals surface area contributed by atoms with Gasteiger partial charge in [0.25, 0.3) is 0 Å². The number of benzene rings is 1. The van der Waals surface area contributed by atoms with Crippen molar-refractivity contribution in [3.8, 4) is 10.6 Å². The van der Waals surface area contributed by atoms with Crippen LogP contribution in [-0.2, 0) is 0 Å². The van der Waals surface area contributed by atoms with Crippen molar-refractivity contribution in [3.63, 3.8) is 0 Å². The highest BCUT2D eigenvalue weighted by Gasteiger charge is 2.10. The third-order valence-electron chi connectivity index (χ3n) is 2.38. The average Bonchev–Trinajstić information content (AvgIpc) is 2.81. The van der Waals surface area contributed by atoms with E-state index >= 15 is 0 Å². The van der Waals surface area contributed by atoms with E-state index < -0.39 is 0 Å². The van der Waals surface area contributed by atoms with Crippen LogP contribution in [0, 0.1) is 6.92 Å². The molecule has 3 aromatic rings. The van der Waals surface area contributed by atoms with Gasteiger partial charge in [-0.3, -0.25) is 0 Å². The number of aromatic nitrogens is 4. The molecule has 0 bridgehead atoms. The van der Waals surface area contributed by atoms with Crippen molar-refractivity contribution < 1.29 is 0 Å². The van der Waals surface area contributed by atoms with Crippen molar-refractivity contribution in [3.05, 3.63) is 30.1 Å². The Morgan fingerprint density at radius 2 is 2.25 bits per heavy atom. The van der Waals surface area contributed by atoms with Gasteiger partial charge in [0.15, 0.2) is 0 Å². The summed E-state index contributed by atoms with van der Waals surface area (Å²) in [7, 11) is 0. The molecule has 2 N–H and O–H groups in total. The number of hydrogen-bond donors (Lipinski definition) is 1. The van der Waals surface area contributed by atoms with Crippen LogP contribution in [0.5, 0.6) is 0 Å². The number of fused-ring (bicyclic) bond motifs is 1. The van der Waals surface area contributed by atoms with Gasteiger partial charge in [-0.2, -0.15) is 9.61 Å². The van der Waals surface area contributed by atoms with Gasteiger partial charge < -0.3 is 5.73 Å². The zero-order valence-corrected chi connectivity index (χ0v) is 9.40. The second kappa shape index (κ2) is 3.28. The fourth-order valence-electron chi connectivity index (χ4n) is 1.54. The molecule has 0 aliphatic heterocycles. The molecule has 0 amide bonds. The molecule has 5 nitrogen and oxygen atoms in total. The summed E-state index contributed by atoms with van der Waals surface area (Å²) >= 11 is 1.50. The quantitative estimate of drug-likeness (QED) is 0.648. The van der Waals surface area contributed by atoms with E-state index in [2.05, 4.69) is 15.3 Å². The molecule has 0 saturated heterocycles. The first kappa shape index (κ1) is 9.29. The Morgan fingerprint density at radius 1 is 1.38 bits per heavy atom. The summed E-state index contributed by atoms with van der Waals surface area (Å²) in [5, 5.41) is 13.0. The number of nitrogen functional groups attached to an aromatic ring is 1. The van der Waals surface area contributed by atoms with Gasteiger partial charge >= 0.3 is 0 Å². The Morgan fingerprint density at radius 3 is 3.06 bits per heavy atom. The Hall–Kier alpha value is -1.95. The van der Waals surface area contributed by atoms with E-state index in [9.17, 15) is 0 Å². The number of hydrogen-bond acceptors (Lipinski definition) is 5. The molecule has 0 aliphatic carbocycles. The summed E-state index contributed by atoms with van der Waals surface area (Å²) in [5.41, 5.74) is 8.72. The van der Waals surface area contributed by atoms with Crippen molar-refractivity contribution >= 4 is 22.0 Å². The van der Waals surface area contributed by atoms with Gasteiger partial charge in [0.05, 0.1) is 0 Å². The topological polar surface area (TPSA) is 69.1 Å². The molecule has 0 fully saturated rings. The lowest BCUT2D eigenvalue weighted by atomic mass is 10.1. The number of aryl methyl sites for hydroxylation is 1. The first-order valence-electron chi connectivity index (χ1n) is 4.77. The molecule has 0 aliphatic rings. The van der Waals surface area contributed by atoms with Crippen LogP contribution < -0.4 is 5.73 Å². The first-order valence-corrected chi connectivity index (χ1v) is 5.59. The molecule has 2 heterocycles. The van der Waals surface area contributed by atoms with Crippen LogP contribution >= 0.6 is 11.3 Å². The summed E-state index contributed by atoms with van der Waals surface area (Å²) in [6.07, 6.45) is 1.59. The standard InChI is InChI=1S/C10H9N5S/c1-6-2-3-7(11)4-8(6)9-14-15-5-12-13-10(15)16-9/h2-5H,11H2,1H3. The van der Waals surface area contributed by atoms with Crippen molar-refractivity contribution in [2.24, 2.45) is 0 Å². The summed E-state index contributed by atoms with van der Waals surface area (Å²) in [5.74, 6) is 0. The Labute approximate surface area is 95.5 Å². The smallest absolute Gasteiger partial charge is 0.234 e. The molecule has 0 saturated carbocycles. The van der Waals surface area contributed by atoms with Crippen LogP contribution in [0.2, 0.25) is 0 Å². The molecule has 0 radical (unpaired) electrons. The summed E-state index contributed by atoms with van der Waals surface area (Å²) in [6.45, 7) is 2.04. The molecule has 0 unspecified atom stereocenters. The van der Waals surface area contributed by atoms with Gasteiger partial charge in [-0.05, 0) is 24.6 Å². The Bertz CT molecular complexity index is 626. The van der Waals surface area contributed by atoms with Crippen LogP contribution in [0.25, 0.3) is 15.5 Å². The second-order valence-corrected chi connectivity index (χ2v) is 4.50. The molecule has 1 aromatic carbocycles. The van der Waals surface area contributed by atoms with Crippen LogP contribution in [-0.4, -0.2) is 19.8 Å². The van der Waals surface area contributed by atoms with E-state index in [4.69, 9.17) is 5.73 Å². The molecule has 2 aromatic heterocycles. The van der Waals surface area contributed by atoms with Gasteiger partial charge in [-0.25, -0.2) is 0 Å². The van der Waals surface area contributed by atoms with Gasteiger partial charge in [-0.1, -0.05) is 17.4 Å². The summed E-state index contributed by atoms with van der Waals surface area (Å²) in [6, 6.07) is 5.81. The highest BCUT2D eigenvalue weighted by atomic mass is 32.1. The maximum Gasteiger partial charge on any atom is 0.234 e. The Balaban J connectivity index is 2.22. The van der Waals surface area contributed by atoms with E-state index in [1.165, 1.54) is 11.3 Å². The minimum atomic E-state index is 0.742. The number of rotatable bonds is 1. The molecule has 3 rings (SSSR count). The molecular formula is C10H9N5S. The van der Waals surface area contributed by atoms with E-state index in [0.29, 0.717) is 0 Å². The fourth-order valence-corrected chi connectivity index (χ4v) is 2.44. The third kappa shape index (κ3) is 1.35. The summed E-state index contributed by atoms with van der Waals surface area (Å²) in [4.78, 5) is 0.789. The zero-order chi connectivity index (χ0) is 11.1. The van der Waals surface area contributed by atoms with Crippen LogP contribution in [0.4, 0.5) is 5.69 Å². The molecule has 80 valence electrons. The third-order valence-corrected chi connectivity index (χ3v) is 3.33. The van der Waals surface area contributed by atoms with Gasteiger partial charge in [0, 0.05) is 11.3 Å². The molecular weight excluding hydrogens is 222 g/mol. The monoisotopic (exact) mass is 231 g/mol. The molecule has 0 atom stereocenters. The van der Waals surface area contributed by atoms with Crippen molar-refractivity contribution in [1.29, 1.82) is 0 Å². The Kier molecular flexibility index (Phi) is 1.90. The van der Waals surface area contributed by atoms with E-state index in [-0.39, 0.29) is 0 Å². The van der Waals surface area contributed by atoms with Crippen molar-refractivity contribution in [2.75, 3.05) is 5.73 Å². The van der Waals surface area contributed by atoms with Crippen LogP contribution in [0.3, 0.4) is 0 Å². The number of nitrogens with two attached hydrogens (primary N) is 1. The largest absolute Gasteiger partial charge is 0.399 e. The fraction of sp³-hybridized carbons (Fsp3) is 0.100. The molecule has 6 heteroatoms. The molecule has 0 spiro atoms. The predicted octanol–water partition coefficient (Wildman–Crippen LogP) is 1.74. The highest BCUT2D eigenvalue weighted by Crippen LogP contribution is 2.28. The van der Waals surface area contributed by atoms with Crippen LogP contribution in [0.1, 0.15) is 5.56 Å². The van der Waals surface area contributed by atoms with Crippen molar-refractivity contribution in [1.82, 2.24) is 19.8 Å². The minimum absolute atomic E-state index is 0.742. The number of anilines is 1. The number of nitrogens with zero attached hydrogens (tertiary/aromatic N) is 4. The van der Waals surface area contributed by atoms with Gasteiger partial charge in [0.2, 0.25) is 4.96 Å². The van der Waals surface area contributed by atoms with Gasteiger partial charge in [-0.15, -0.1) is 10.2 Å². The predicted molar refractivity (Wildman–Crippen MR) is 63.2 cm³/mol. The highest BCUT2D eigenvalue weighted by molar-refractivity contribution is 7.19. The van der Waals surface area contributed by atoms with Crippen LogP contribution in [0.15, 0.2) is 24.5 Å².